The van der Waals surface area contributed by atoms with Gasteiger partial charge in [0.1, 0.15) is 0 Å². The van der Waals surface area contributed by atoms with Gasteiger partial charge < -0.3 is 10.4 Å². The van der Waals surface area contributed by atoms with Crippen molar-refractivity contribution in [3.05, 3.63) is 76.3 Å². The minimum Gasteiger partial charge on any atom is -0.481 e. The van der Waals surface area contributed by atoms with Gasteiger partial charge in [-0.3, -0.25) is 14.9 Å². The summed E-state index contributed by atoms with van der Waals surface area (Å²) in [6.07, 6.45) is 2.58. The molecule has 0 aliphatic carbocycles. The molecule has 0 atom stereocenters. The number of hydrogen-bond donors (Lipinski definition) is 3. The van der Waals surface area contributed by atoms with Crippen LogP contribution >= 0.6 is 11.3 Å². The number of aliphatic carboxylic acids is 1. The summed E-state index contributed by atoms with van der Waals surface area (Å²) in [6.45, 7) is 5.15. The molecule has 1 aromatic heterocycles. The van der Waals surface area contributed by atoms with Crippen LogP contribution in [0.2, 0.25) is 0 Å². The van der Waals surface area contributed by atoms with Crippen molar-refractivity contribution in [2.75, 3.05) is 10.6 Å². The van der Waals surface area contributed by atoms with E-state index in [1.54, 1.807) is 17.5 Å². The fourth-order valence-electron chi connectivity index (χ4n) is 3.21. The molecule has 6 nitrogen and oxygen atoms in total. The topological polar surface area (TPSA) is 91.3 Å². The molecule has 0 unspecified atom stereocenters. The number of anilines is 2. The average molecular weight is 452 g/mol. The molecule has 0 radical (unpaired) electrons. The molecule has 1 amide bonds. The van der Waals surface area contributed by atoms with Gasteiger partial charge >= 0.3 is 5.97 Å². The fourth-order valence-corrected chi connectivity index (χ4v) is 3.95. The van der Waals surface area contributed by atoms with Gasteiger partial charge in [0.15, 0.2) is 5.13 Å². The maximum Gasteiger partial charge on any atom is 0.303 e. The predicted octanol–water partition coefficient (Wildman–Crippen LogP) is 5.61. The van der Waals surface area contributed by atoms with Crippen LogP contribution in [0, 0.1) is 5.92 Å². The highest BCUT2D eigenvalue weighted by molar-refractivity contribution is 7.14. The number of thiazole rings is 1. The lowest BCUT2D eigenvalue weighted by Crippen LogP contribution is -2.12. The van der Waals surface area contributed by atoms with Crippen molar-refractivity contribution < 1.29 is 14.7 Å². The predicted molar refractivity (Wildman–Crippen MR) is 129 cm³/mol. The number of benzene rings is 2. The lowest BCUT2D eigenvalue weighted by atomic mass is 10.0. The first-order chi connectivity index (χ1) is 15.4. The van der Waals surface area contributed by atoms with E-state index in [0.717, 1.165) is 24.1 Å². The summed E-state index contributed by atoms with van der Waals surface area (Å²) in [5, 5.41) is 17.3. The Balaban J connectivity index is 1.54. The van der Waals surface area contributed by atoms with Crippen LogP contribution in [0.4, 0.5) is 10.8 Å². The third-order valence-corrected chi connectivity index (χ3v) is 5.88. The van der Waals surface area contributed by atoms with E-state index in [9.17, 15) is 9.59 Å². The molecule has 3 aromatic rings. The molecule has 2 aromatic carbocycles. The summed E-state index contributed by atoms with van der Waals surface area (Å²) in [4.78, 5) is 27.4. The van der Waals surface area contributed by atoms with Crippen LogP contribution in [0.1, 0.15) is 53.9 Å². The Hall–Kier alpha value is -3.19. The van der Waals surface area contributed by atoms with E-state index in [1.807, 2.05) is 18.2 Å². The van der Waals surface area contributed by atoms with E-state index >= 15 is 0 Å². The molecule has 0 spiro atoms. The van der Waals surface area contributed by atoms with E-state index in [2.05, 4.69) is 47.7 Å². The monoisotopic (exact) mass is 451 g/mol. The molecule has 0 bridgehead atoms. The zero-order valence-corrected chi connectivity index (χ0v) is 19.2. The molecule has 3 N–H and O–H groups in total. The highest BCUT2D eigenvalue weighted by atomic mass is 32.1. The smallest absolute Gasteiger partial charge is 0.303 e. The molecule has 1 heterocycles. The summed E-state index contributed by atoms with van der Waals surface area (Å²) in [6, 6.07) is 15.9. The molecule has 0 aliphatic heterocycles. The number of carbonyl (C=O) groups excluding carboxylic acids is 1. The quantitative estimate of drug-likeness (QED) is 0.352. The SMILES string of the molecule is CC(C)CCc1ccccc1NCc1ccc(C(=O)Nc2nc(CCC(=O)O)cs2)cc1. The molecule has 168 valence electrons. The Kier molecular flexibility index (Phi) is 8.39. The number of carboxylic acids is 1. The summed E-state index contributed by atoms with van der Waals surface area (Å²) < 4.78 is 0. The van der Waals surface area contributed by atoms with Crippen molar-refractivity contribution in [1.29, 1.82) is 0 Å². The average Bonchev–Trinajstić information content (AvgIpc) is 3.23. The van der Waals surface area contributed by atoms with Gasteiger partial charge in [-0.2, -0.15) is 0 Å². The second-order valence-corrected chi connectivity index (χ2v) is 8.99. The molecule has 0 saturated carbocycles. The van der Waals surface area contributed by atoms with Gasteiger partial charge in [-0.15, -0.1) is 11.3 Å². The Bertz CT molecular complexity index is 1040. The Morgan fingerprint density at radius 3 is 2.53 bits per heavy atom. The first-order valence-electron chi connectivity index (χ1n) is 10.8. The number of aromatic nitrogens is 1. The van der Waals surface area contributed by atoms with E-state index in [0.29, 0.717) is 35.3 Å². The summed E-state index contributed by atoms with van der Waals surface area (Å²) >= 11 is 1.29. The van der Waals surface area contributed by atoms with Gasteiger partial charge in [0, 0.05) is 29.6 Å². The van der Waals surface area contributed by atoms with Crippen LogP contribution in [-0.2, 0) is 24.2 Å². The molecule has 7 heteroatoms. The summed E-state index contributed by atoms with van der Waals surface area (Å²) in [7, 11) is 0. The standard InChI is InChI=1S/C25H29N3O3S/c1-17(2)7-10-19-5-3-4-6-22(19)26-15-18-8-11-20(12-9-18)24(31)28-25-27-21(16-32-25)13-14-23(29)30/h3-6,8-9,11-12,16-17,26H,7,10,13-15H2,1-2H3,(H,29,30)(H,27,28,31). The summed E-state index contributed by atoms with van der Waals surface area (Å²) in [5.41, 5.74) is 4.78. The van der Waals surface area contributed by atoms with Gasteiger partial charge in [0.2, 0.25) is 0 Å². The molecule has 0 saturated heterocycles. The molecule has 3 rings (SSSR count). The van der Waals surface area contributed by atoms with E-state index < -0.39 is 5.97 Å². The zero-order valence-electron chi connectivity index (χ0n) is 18.4. The fraction of sp³-hybridized carbons (Fsp3) is 0.320. The molecule has 32 heavy (non-hydrogen) atoms. The first-order valence-corrected chi connectivity index (χ1v) is 11.7. The number of hydrogen-bond acceptors (Lipinski definition) is 5. The number of rotatable bonds is 11. The highest BCUT2D eigenvalue weighted by Gasteiger charge is 2.10. The zero-order chi connectivity index (χ0) is 22.9. The van der Waals surface area contributed by atoms with Gasteiger partial charge in [0.25, 0.3) is 5.91 Å². The number of nitrogens with zero attached hydrogens (tertiary/aromatic N) is 1. The van der Waals surface area contributed by atoms with E-state index in [-0.39, 0.29) is 12.3 Å². The number of carboxylic acid groups (broad SMARTS) is 1. The highest BCUT2D eigenvalue weighted by Crippen LogP contribution is 2.21. The lowest BCUT2D eigenvalue weighted by molar-refractivity contribution is -0.136. The minimum absolute atomic E-state index is 0.0226. The number of para-hydroxylation sites is 1. The van der Waals surface area contributed by atoms with E-state index in [4.69, 9.17) is 5.11 Å². The second-order valence-electron chi connectivity index (χ2n) is 8.13. The van der Waals surface area contributed by atoms with Gasteiger partial charge in [-0.05, 0) is 48.1 Å². The van der Waals surface area contributed by atoms with Crippen LogP contribution in [0.5, 0.6) is 0 Å². The maximum absolute atomic E-state index is 12.5. The van der Waals surface area contributed by atoms with Gasteiger partial charge in [-0.1, -0.05) is 44.2 Å². The van der Waals surface area contributed by atoms with Crippen LogP contribution in [-0.4, -0.2) is 22.0 Å². The normalized spacial score (nSPS) is 10.8. The van der Waals surface area contributed by atoms with E-state index in [1.165, 1.54) is 16.9 Å². The van der Waals surface area contributed by atoms with Crippen molar-refractivity contribution in [2.24, 2.45) is 5.92 Å². The Labute approximate surface area is 192 Å². The minimum atomic E-state index is -0.864. The van der Waals surface area contributed by atoms with Crippen molar-refractivity contribution in [2.45, 2.75) is 46.1 Å². The van der Waals surface area contributed by atoms with Crippen molar-refractivity contribution >= 4 is 34.0 Å². The first kappa shape index (κ1) is 23.5. The Morgan fingerprint density at radius 1 is 1.06 bits per heavy atom. The summed E-state index contributed by atoms with van der Waals surface area (Å²) in [5.74, 6) is -0.428. The third-order valence-electron chi connectivity index (χ3n) is 5.07. The van der Waals surface area contributed by atoms with Crippen LogP contribution in [0.15, 0.2) is 53.9 Å². The molecular weight excluding hydrogens is 422 g/mol. The van der Waals surface area contributed by atoms with Crippen molar-refractivity contribution in [3.63, 3.8) is 0 Å². The molecular formula is C25H29N3O3S. The van der Waals surface area contributed by atoms with Crippen molar-refractivity contribution in [3.8, 4) is 0 Å². The van der Waals surface area contributed by atoms with Crippen LogP contribution in [0.3, 0.4) is 0 Å². The van der Waals surface area contributed by atoms with Crippen LogP contribution in [0.25, 0.3) is 0 Å². The van der Waals surface area contributed by atoms with Crippen LogP contribution < -0.4 is 10.6 Å². The Morgan fingerprint density at radius 2 is 1.81 bits per heavy atom. The number of carbonyl (C=O) groups is 2. The largest absolute Gasteiger partial charge is 0.481 e. The lowest BCUT2D eigenvalue weighted by Gasteiger charge is -2.13. The van der Waals surface area contributed by atoms with Gasteiger partial charge in [-0.25, -0.2) is 4.98 Å². The molecule has 0 fully saturated rings. The molecule has 0 aliphatic rings. The maximum atomic E-state index is 12.5. The van der Waals surface area contributed by atoms with Gasteiger partial charge in [0.05, 0.1) is 12.1 Å². The number of nitrogens with one attached hydrogen (secondary N) is 2. The van der Waals surface area contributed by atoms with Crippen molar-refractivity contribution in [1.82, 2.24) is 4.98 Å². The third kappa shape index (κ3) is 7.20. The number of aryl methyl sites for hydroxylation is 2. The second kappa shape index (κ2) is 11.4. The number of amides is 1.